The second-order valence-electron chi connectivity index (χ2n) is 8.51. The van der Waals surface area contributed by atoms with Crippen LogP contribution in [0.1, 0.15) is 30.4 Å². The zero-order valence-electron chi connectivity index (χ0n) is 19.7. The van der Waals surface area contributed by atoms with Crippen LogP contribution in [0, 0.1) is 0 Å². The highest BCUT2D eigenvalue weighted by Crippen LogP contribution is 2.46. The summed E-state index contributed by atoms with van der Waals surface area (Å²) in [4.78, 5) is 25.1. The van der Waals surface area contributed by atoms with E-state index in [1.807, 2.05) is 73.7 Å². The Bertz CT molecular complexity index is 1440. The molecule has 6 nitrogen and oxygen atoms in total. The Hall–Kier alpha value is -3.84. The lowest BCUT2D eigenvalue weighted by molar-refractivity contribution is -0.118. The highest BCUT2D eigenvalue weighted by Gasteiger charge is 2.30. The summed E-state index contributed by atoms with van der Waals surface area (Å²) in [5, 5.41) is 8.05. The highest BCUT2D eigenvalue weighted by molar-refractivity contribution is 9.10. The smallest absolute Gasteiger partial charge is 0.262 e. The van der Waals surface area contributed by atoms with Gasteiger partial charge in [-0.25, -0.2) is 0 Å². The Morgan fingerprint density at radius 2 is 1.75 bits per heavy atom. The summed E-state index contributed by atoms with van der Waals surface area (Å²) in [7, 11) is 0. The summed E-state index contributed by atoms with van der Waals surface area (Å²) < 4.78 is 12.5. The number of carbonyl (C=O) groups is 2. The molecule has 0 fully saturated rings. The number of rotatable bonds is 7. The van der Waals surface area contributed by atoms with Gasteiger partial charge >= 0.3 is 0 Å². The fourth-order valence-electron chi connectivity index (χ4n) is 4.60. The van der Waals surface area contributed by atoms with E-state index in [0.717, 1.165) is 32.1 Å². The number of halogens is 1. The predicted molar refractivity (Wildman–Crippen MR) is 145 cm³/mol. The molecular formula is C29H25BrN2O4. The van der Waals surface area contributed by atoms with Crippen LogP contribution in [0.25, 0.3) is 10.8 Å². The van der Waals surface area contributed by atoms with Gasteiger partial charge in [-0.1, -0.05) is 64.5 Å². The molecule has 0 radical (unpaired) electrons. The van der Waals surface area contributed by atoms with E-state index in [9.17, 15) is 9.59 Å². The summed E-state index contributed by atoms with van der Waals surface area (Å²) in [6.45, 7) is 2.16. The van der Waals surface area contributed by atoms with Crippen molar-refractivity contribution in [3.63, 3.8) is 0 Å². The molecule has 0 aliphatic carbocycles. The van der Waals surface area contributed by atoms with Crippen LogP contribution in [0.15, 0.2) is 83.3 Å². The second kappa shape index (κ2) is 10.4. The van der Waals surface area contributed by atoms with E-state index in [2.05, 4.69) is 38.7 Å². The number of anilines is 2. The number of para-hydroxylation sites is 1. The van der Waals surface area contributed by atoms with Crippen LogP contribution in [0.5, 0.6) is 11.5 Å². The van der Waals surface area contributed by atoms with Crippen molar-refractivity contribution in [1.29, 1.82) is 0 Å². The van der Waals surface area contributed by atoms with E-state index in [1.54, 1.807) is 0 Å². The minimum absolute atomic E-state index is 0.0365. The first-order chi connectivity index (χ1) is 17.5. The molecule has 2 N–H and O–H groups in total. The van der Waals surface area contributed by atoms with E-state index in [1.165, 1.54) is 0 Å². The molecule has 0 unspecified atom stereocenters. The molecule has 7 heteroatoms. The quantitative estimate of drug-likeness (QED) is 0.278. The number of hydrogen-bond acceptors (Lipinski definition) is 4. The Kier molecular flexibility index (Phi) is 6.91. The molecule has 0 bridgehead atoms. The van der Waals surface area contributed by atoms with Crippen molar-refractivity contribution in [1.82, 2.24) is 0 Å². The maximum Gasteiger partial charge on any atom is 0.262 e. The normalized spacial score (nSPS) is 14.6. The first-order valence-corrected chi connectivity index (χ1v) is 12.6. The summed E-state index contributed by atoms with van der Waals surface area (Å²) in [5.74, 6) is 0.493. The molecule has 0 aromatic heterocycles. The van der Waals surface area contributed by atoms with Crippen molar-refractivity contribution in [3.05, 3.63) is 94.5 Å². The molecule has 4 aromatic carbocycles. The Balaban J connectivity index is 1.47. The van der Waals surface area contributed by atoms with Crippen molar-refractivity contribution >= 4 is 49.9 Å². The van der Waals surface area contributed by atoms with Gasteiger partial charge in [-0.15, -0.1) is 0 Å². The average molecular weight is 545 g/mol. The molecular weight excluding hydrogens is 520 g/mol. The Morgan fingerprint density at radius 3 is 2.56 bits per heavy atom. The molecule has 5 rings (SSSR count). The number of benzene rings is 4. The van der Waals surface area contributed by atoms with Gasteiger partial charge in [0.15, 0.2) is 18.1 Å². The standard InChI is InChI=1S/C29H25BrN2O4/c1-2-35-25-14-21(23(30)16-26(25)36-17-28(34)31-19-9-4-3-5-10-19)22-15-27(33)32-24-13-12-18-8-6-7-11-20(18)29(22)24/h3-14,16,22H,2,15,17H2,1H3,(H,31,34)(H,32,33)/t22-/m1/s1. The van der Waals surface area contributed by atoms with Crippen molar-refractivity contribution in [2.75, 3.05) is 23.8 Å². The van der Waals surface area contributed by atoms with E-state index in [-0.39, 0.29) is 24.3 Å². The Morgan fingerprint density at radius 1 is 1.00 bits per heavy atom. The zero-order chi connectivity index (χ0) is 25.1. The van der Waals surface area contributed by atoms with Crippen molar-refractivity contribution in [2.45, 2.75) is 19.3 Å². The lowest BCUT2D eigenvalue weighted by Crippen LogP contribution is -2.24. The summed E-state index contributed by atoms with van der Waals surface area (Å²) in [5.41, 5.74) is 3.52. The minimum atomic E-state index is -0.270. The van der Waals surface area contributed by atoms with Gasteiger partial charge in [-0.2, -0.15) is 0 Å². The van der Waals surface area contributed by atoms with E-state index >= 15 is 0 Å². The number of carbonyl (C=O) groups excluding carboxylic acids is 2. The van der Waals surface area contributed by atoms with Gasteiger partial charge < -0.3 is 20.1 Å². The molecule has 1 heterocycles. The molecule has 182 valence electrons. The van der Waals surface area contributed by atoms with Gasteiger partial charge in [-0.05, 0) is 59.2 Å². The van der Waals surface area contributed by atoms with Crippen LogP contribution in [0.3, 0.4) is 0 Å². The topological polar surface area (TPSA) is 76.7 Å². The lowest BCUT2D eigenvalue weighted by atomic mass is 9.82. The molecule has 1 aliphatic heterocycles. The Labute approximate surface area is 217 Å². The molecule has 0 spiro atoms. The fraction of sp³-hybridized carbons (Fsp3) is 0.172. The number of hydrogen-bond donors (Lipinski definition) is 2. The first-order valence-electron chi connectivity index (χ1n) is 11.8. The largest absolute Gasteiger partial charge is 0.490 e. The van der Waals surface area contributed by atoms with E-state index in [4.69, 9.17) is 9.47 Å². The number of amides is 2. The second-order valence-corrected chi connectivity index (χ2v) is 9.36. The van der Waals surface area contributed by atoms with Gasteiger partial charge in [0.2, 0.25) is 5.91 Å². The van der Waals surface area contributed by atoms with Gasteiger partial charge in [0.05, 0.1) is 6.61 Å². The van der Waals surface area contributed by atoms with Crippen LogP contribution in [0.2, 0.25) is 0 Å². The zero-order valence-corrected chi connectivity index (χ0v) is 21.3. The van der Waals surface area contributed by atoms with Crippen molar-refractivity contribution < 1.29 is 19.1 Å². The molecule has 1 aliphatic rings. The average Bonchev–Trinajstić information content (AvgIpc) is 2.88. The number of ether oxygens (including phenoxy) is 2. The molecule has 4 aromatic rings. The molecule has 0 saturated carbocycles. The molecule has 1 atom stereocenters. The van der Waals surface area contributed by atoms with Crippen LogP contribution in [0.4, 0.5) is 11.4 Å². The van der Waals surface area contributed by atoms with Gasteiger partial charge in [0.1, 0.15) is 0 Å². The summed E-state index contributed by atoms with van der Waals surface area (Å²) in [6.07, 6.45) is 0.310. The number of fused-ring (bicyclic) bond motifs is 3. The van der Waals surface area contributed by atoms with Gasteiger partial charge in [0.25, 0.3) is 5.91 Å². The van der Waals surface area contributed by atoms with Crippen LogP contribution < -0.4 is 20.1 Å². The third-order valence-electron chi connectivity index (χ3n) is 6.14. The summed E-state index contributed by atoms with van der Waals surface area (Å²) in [6, 6.07) is 25.1. The van der Waals surface area contributed by atoms with Crippen molar-refractivity contribution in [3.8, 4) is 11.5 Å². The fourth-order valence-corrected chi connectivity index (χ4v) is 5.19. The summed E-state index contributed by atoms with van der Waals surface area (Å²) >= 11 is 3.70. The van der Waals surface area contributed by atoms with Crippen LogP contribution in [-0.4, -0.2) is 25.0 Å². The highest BCUT2D eigenvalue weighted by atomic mass is 79.9. The maximum absolute atomic E-state index is 12.6. The molecule has 2 amide bonds. The molecule has 36 heavy (non-hydrogen) atoms. The predicted octanol–water partition coefficient (Wildman–Crippen LogP) is 6.49. The number of nitrogens with one attached hydrogen (secondary N) is 2. The maximum atomic E-state index is 12.6. The van der Waals surface area contributed by atoms with Gasteiger partial charge in [0, 0.05) is 28.2 Å². The third kappa shape index (κ3) is 4.93. The first kappa shape index (κ1) is 23.9. The lowest BCUT2D eigenvalue weighted by Gasteiger charge is -2.29. The van der Waals surface area contributed by atoms with Crippen LogP contribution in [-0.2, 0) is 9.59 Å². The third-order valence-corrected chi connectivity index (χ3v) is 6.82. The van der Waals surface area contributed by atoms with Gasteiger partial charge in [-0.3, -0.25) is 9.59 Å². The SMILES string of the molecule is CCOc1cc([C@H]2CC(=O)Nc3ccc4ccccc4c32)c(Br)cc1OCC(=O)Nc1ccccc1. The van der Waals surface area contributed by atoms with E-state index < -0.39 is 0 Å². The van der Waals surface area contributed by atoms with E-state index in [0.29, 0.717) is 30.2 Å². The minimum Gasteiger partial charge on any atom is -0.490 e. The van der Waals surface area contributed by atoms with Crippen LogP contribution >= 0.6 is 15.9 Å². The monoisotopic (exact) mass is 544 g/mol. The molecule has 0 saturated heterocycles. The van der Waals surface area contributed by atoms with Crippen molar-refractivity contribution in [2.24, 2.45) is 0 Å².